The number of hydrazone groups is 1. The number of amidine groups is 2. The molecule has 1 aromatic heterocycles. The third-order valence-corrected chi connectivity index (χ3v) is 6.52. The second kappa shape index (κ2) is 9.55. The Labute approximate surface area is 205 Å². The molecule has 2 aliphatic rings. The van der Waals surface area contributed by atoms with Gasteiger partial charge in [-0.3, -0.25) is 10.2 Å². The quantitative estimate of drug-likeness (QED) is 0.288. The molecule has 0 unspecified atom stereocenters. The Hall–Kier alpha value is -4.24. The van der Waals surface area contributed by atoms with Crippen molar-refractivity contribution in [3.05, 3.63) is 95.5 Å². The number of rotatable bonds is 6. The lowest BCUT2D eigenvalue weighted by atomic mass is 9.98. The zero-order chi connectivity index (χ0) is 24.4. The van der Waals surface area contributed by atoms with E-state index in [0.29, 0.717) is 16.5 Å². The molecule has 5 rings (SSSR count). The largest absolute Gasteiger partial charge is 0.457 e. The van der Waals surface area contributed by atoms with E-state index < -0.39 is 11.9 Å². The standard InChI is InChI=1S/C26H20N4O4S/c1-2-19(17-7-4-3-5-8-17)24-29-30-22(27)20(23(31)28-26(30)35-24)15-16-10-12-18(13-11-16)34-25(32)21-9-6-14-33-21/h3-15,19,27H,2H2,1H3/b20-15-,27-22?/t19-/m0/s1. The first kappa shape index (κ1) is 22.5. The van der Waals surface area contributed by atoms with Gasteiger partial charge in [-0.25, -0.2) is 4.79 Å². The van der Waals surface area contributed by atoms with Crippen LogP contribution >= 0.6 is 11.8 Å². The number of furan rings is 1. The summed E-state index contributed by atoms with van der Waals surface area (Å²) in [6.07, 6.45) is 3.80. The molecule has 3 heterocycles. The molecule has 35 heavy (non-hydrogen) atoms. The van der Waals surface area contributed by atoms with Crippen LogP contribution in [-0.4, -0.2) is 32.9 Å². The molecule has 0 aliphatic carbocycles. The van der Waals surface area contributed by atoms with Crippen molar-refractivity contribution >= 4 is 45.8 Å². The van der Waals surface area contributed by atoms with Gasteiger partial charge in [0.1, 0.15) is 10.8 Å². The van der Waals surface area contributed by atoms with Crippen molar-refractivity contribution < 1.29 is 18.7 Å². The van der Waals surface area contributed by atoms with Gasteiger partial charge in [0, 0.05) is 5.92 Å². The molecule has 0 bridgehead atoms. The topological polar surface area (TPSA) is 108 Å². The molecule has 0 spiro atoms. The Morgan fingerprint density at radius 3 is 2.60 bits per heavy atom. The van der Waals surface area contributed by atoms with Crippen LogP contribution in [0.4, 0.5) is 0 Å². The van der Waals surface area contributed by atoms with Crippen LogP contribution < -0.4 is 4.74 Å². The summed E-state index contributed by atoms with van der Waals surface area (Å²) >= 11 is 1.33. The summed E-state index contributed by atoms with van der Waals surface area (Å²) < 4.78 is 10.3. The van der Waals surface area contributed by atoms with E-state index in [-0.39, 0.29) is 23.1 Å². The number of hydrogen-bond donors (Lipinski definition) is 1. The SMILES string of the molecule is CC[C@H](C1=NN2C(=N)/C(=C/c3ccc(OC(=O)c4ccco4)cc3)C(=O)N=C2S1)c1ccccc1. The highest BCUT2D eigenvalue weighted by atomic mass is 32.2. The Balaban J connectivity index is 1.35. The minimum absolute atomic E-state index is 0.0289. The Morgan fingerprint density at radius 2 is 1.91 bits per heavy atom. The third-order valence-electron chi connectivity index (χ3n) is 5.50. The fourth-order valence-corrected chi connectivity index (χ4v) is 4.84. The molecule has 0 radical (unpaired) electrons. The highest BCUT2D eigenvalue weighted by Crippen LogP contribution is 2.36. The molecule has 0 fully saturated rings. The lowest BCUT2D eigenvalue weighted by Crippen LogP contribution is -2.35. The molecular weight excluding hydrogens is 464 g/mol. The Kier molecular flexibility index (Phi) is 6.15. The maximum atomic E-state index is 12.7. The van der Waals surface area contributed by atoms with Crippen molar-refractivity contribution in [1.82, 2.24) is 5.01 Å². The second-order valence-corrected chi connectivity index (χ2v) is 8.75. The number of esters is 1. The fraction of sp³-hybridized carbons (Fsp3) is 0.115. The Morgan fingerprint density at radius 1 is 1.14 bits per heavy atom. The van der Waals surface area contributed by atoms with Gasteiger partial charge in [-0.2, -0.15) is 15.1 Å². The molecule has 3 aromatic rings. The van der Waals surface area contributed by atoms with Crippen LogP contribution in [0.1, 0.15) is 40.9 Å². The van der Waals surface area contributed by atoms with Crippen molar-refractivity contribution in [2.45, 2.75) is 19.3 Å². The van der Waals surface area contributed by atoms with Crippen LogP contribution in [0.15, 0.2) is 93.1 Å². The van der Waals surface area contributed by atoms with Gasteiger partial charge in [0.2, 0.25) is 10.9 Å². The first-order valence-electron chi connectivity index (χ1n) is 10.9. The molecule has 9 heteroatoms. The number of nitrogens with one attached hydrogen (secondary N) is 1. The first-order valence-corrected chi connectivity index (χ1v) is 11.8. The lowest BCUT2D eigenvalue weighted by molar-refractivity contribution is -0.114. The van der Waals surface area contributed by atoms with E-state index in [9.17, 15) is 9.59 Å². The number of carbonyl (C=O) groups is 2. The van der Waals surface area contributed by atoms with E-state index in [0.717, 1.165) is 17.0 Å². The summed E-state index contributed by atoms with van der Waals surface area (Å²) in [5.41, 5.74) is 1.91. The van der Waals surface area contributed by atoms with Crippen LogP contribution in [0.25, 0.3) is 6.08 Å². The smallest absolute Gasteiger partial charge is 0.379 e. The molecule has 1 N–H and O–H groups in total. The van der Waals surface area contributed by atoms with Crippen molar-refractivity contribution in [2.24, 2.45) is 10.1 Å². The monoisotopic (exact) mass is 484 g/mol. The highest BCUT2D eigenvalue weighted by Gasteiger charge is 2.37. The molecule has 1 atom stereocenters. The number of benzene rings is 2. The summed E-state index contributed by atoms with van der Waals surface area (Å²) in [7, 11) is 0. The van der Waals surface area contributed by atoms with Gasteiger partial charge >= 0.3 is 5.97 Å². The van der Waals surface area contributed by atoms with E-state index in [1.807, 2.05) is 30.3 Å². The summed E-state index contributed by atoms with van der Waals surface area (Å²) in [5.74, 6) is -0.637. The van der Waals surface area contributed by atoms with Gasteiger partial charge in [-0.1, -0.05) is 49.4 Å². The molecule has 0 saturated carbocycles. The molecule has 2 aliphatic heterocycles. The number of nitrogens with zero attached hydrogens (tertiary/aromatic N) is 3. The summed E-state index contributed by atoms with van der Waals surface area (Å²) in [5, 5.41) is 15.9. The average Bonchev–Trinajstić information content (AvgIpc) is 3.55. The van der Waals surface area contributed by atoms with Gasteiger partial charge in [-0.15, -0.1) is 0 Å². The predicted octanol–water partition coefficient (Wildman–Crippen LogP) is 5.31. The van der Waals surface area contributed by atoms with E-state index in [1.165, 1.54) is 29.1 Å². The number of fused-ring (bicyclic) bond motifs is 1. The first-order chi connectivity index (χ1) is 17.0. The lowest BCUT2D eigenvalue weighted by Gasteiger charge is -2.20. The summed E-state index contributed by atoms with van der Waals surface area (Å²) in [6, 6.07) is 19.7. The zero-order valence-corrected chi connectivity index (χ0v) is 19.5. The number of amides is 1. The van der Waals surface area contributed by atoms with Crippen molar-refractivity contribution in [2.75, 3.05) is 0 Å². The number of hydrogen-bond acceptors (Lipinski definition) is 7. The molecule has 2 aromatic carbocycles. The van der Waals surface area contributed by atoms with Gasteiger partial charge in [-0.05, 0) is 59.7 Å². The van der Waals surface area contributed by atoms with Crippen LogP contribution in [0.2, 0.25) is 0 Å². The predicted molar refractivity (Wildman–Crippen MR) is 135 cm³/mol. The summed E-state index contributed by atoms with van der Waals surface area (Å²) in [4.78, 5) is 28.9. The molecule has 174 valence electrons. The van der Waals surface area contributed by atoms with Crippen LogP contribution in [0, 0.1) is 5.41 Å². The van der Waals surface area contributed by atoms with E-state index in [2.05, 4.69) is 17.0 Å². The minimum Gasteiger partial charge on any atom is -0.457 e. The molecule has 0 saturated heterocycles. The number of thioether (sulfide) groups is 1. The van der Waals surface area contributed by atoms with E-state index in [1.54, 1.807) is 36.4 Å². The maximum Gasteiger partial charge on any atom is 0.379 e. The van der Waals surface area contributed by atoms with Crippen LogP contribution in [-0.2, 0) is 4.79 Å². The fourth-order valence-electron chi connectivity index (χ4n) is 3.74. The summed E-state index contributed by atoms with van der Waals surface area (Å²) in [6.45, 7) is 2.08. The van der Waals surface area contributed by atoms with Crippen molar-refractivity contribution in [1.29, 1.82) is 5.41 Å². The molecular formula is C26H20N4O4S. The van der Waals surface area contributed by atoms with Crippen molar-refractivity contribution in [3.63, 3.8) is 0 Å². The third kappa shape index (κ3) is 4.58. The second-order valence-electron chi connectivity index (χ2n) is 7.77. The Bertz CT molecular complexity index is 1380. The zero-order valence-electron chi connectivity index (χ0n) is 18.7. The van der Waals surface area contributed by atoms with Crippen LogP contribution in [0.3, 0.4) is 0 Å². The van der Waals surface area contributed by atoms with Crippen molar-refractivity contribution in [3.8, 4) is 5.75 Å². The average molecular weight is 485 g/mol. The number of aliphatic imine (C=N–C) groups is 1. The maximum absolute atomic E-state index is 12.7. The highest BCUT2D eigenvalue weighted by molar-refractivity contribution is 8.27. The van der Waals surface area contributed by atoms with Gasteiger partial charge in [0.15, 0.2) is 5.84 Å². The molecule has 1 amide bonds. The normalized spacial score (nSPS) is 17.2. The van der Waals surface area contributed by atoms with Crippen LogP contribution in [0.5, 0.6) is 5.75 Å². The number of ether oxygens (including phenoxy) is 1. The van der Waals surface area contributed by atoms with Gasteiger partial charge in [0.25, 0.3) is 5.91 Å². The number of carbonyl (C=O) groups excluding carboxylic acids is 2. The minimum atomic E-state index is -0.603. The van der Waals surface area contributed by atoms with E-state index in [4.69, 9.17) is 14.6 Å². The molecule has 8 nitrogen and oxygen atoms in total. The van der Waals surface area contributed by atoms with Gasteiger partial charge < -0.3 is 9.15 Å². The van der Waals surface area contributed by atoms with E-state index >= 15 is 0 Å². The van der Waals surface area contributed by atoms with Gasteiger partial charge in [0.05, 0.1) is 11.8 Å².